The van der Waals surface area contributed by atoms with E-state index >= 15 is 0 Å². The van der Waals surface area contributed by atoms with Crippen LogP contribution >= 0.6 is 0 Å². The maximum absolute atomic E-state index is 10.8. The predicted molar refractivity (Wildman–Crippen MR) is 85.7 cm³/mol. The molecule has 0 unspecified atom stereocenters. The maximum Gasteiger partial charge on any atom is 0.335 e. The lowest BCUT2D eigenvalue weighted by Gasteiger charge is -2.04. The molecule has 0 fully saturated rings. The second-order valence-corrected chi connectivity index (χ2v) is 4.92. The fourth-order valence-electron chi connectivity index (χ4n) is 2.07. The molecule has 3 heteroatoms. The highest BCUT2D eigenvalue weighted by molar-refractivity contribution is 5.89. The summed E-state index contributed by atoms with van der Waals surface area (Å²) in [6.07, 6.45) is 5.12. The number of hydrogen-bond acceptors (Lipinski definition) is 2. The van der Waals surface area contributed by atoms with Gasteiger partial charge < -0.3 is 5.11 Å². The van der Waals surface area contributed by atoms with E-state index in [0.29, 0.717) is 0 Å². The van der Waals surface area contributed by atoms with E-state index in [1.807, 2.05) is 18.2 Å². The molecule has 0 heterocycles. The molecule has 21 heavy (non-hydrogen) atoms. The van der Waals surface area contributed by atoms with Crippen LogP contribution in [0, 0.1) is 0 Å². The van der Waals surface area contributed by atoms with Crippen LogP contribution in [-0.2, 0) is 6.42 Å². The highest BCUT2D eigenvalue weighted by Crippen LogP contribution is 2.20. The second kappa shape index (κ2) is 7.39. The molecule has 2 rings (SSSR count). The molecule has 2 aromatic carbocycles. The summed E-state index contributed by atoms with van der Waals surface area (Å²) in [7, 11) is 0. The molecule has 0 aliphatic rings. The minimum Gasteiger partial charge on any atom is -0.478 e. The van der Waals surface area contributed by atoms with E-state index in [1.165, 1.54) is 5.56 Å². The summed E-state index contributed by atoms with van der Waals surface area (Å²) in [6, 6.07) is 14.8. The van der Waals surface area contributed by atoms with Crippen LogP contribution in [0.25, 0.3) is 0 Å². The van der Waals surface area contributed by atoms with Gasteiger partial charge in [0.25, 0.3) is 0 Å². The van der Waals surface area contributed by atoms with E-state index in [-0.39, 0.29) is 5.56 Å². The van der Waals surface area contributed by atoms with Gasteiger partial charge in [-0.1, -0.05) is 43.7 Å². The van der Waals surface area contributed by atoms with Gasteiger partial charge in [-0.3, -0.25) is 4.99 Å². The third-order valence-electron chi connectivity index (χ3n) is 3.30. The number of carboxylic acid groups (broad SMARTS) is 1. The van der Waals surface area contributed by atoms with Crippen molar-refractivity contribution in [2.75, 3.05) is 0 Å². The first kappa shape index (κ1) is 15.0. The standard InChI is InChI=1S/C18H19NO2/c1-2-3-6-15-7-4-5-8-17(15)19-13-14-9-11-16(12-10-14)18(20)21/h4-5,7-13H,2-3,6H2,1H3,(H,20,21). The van der Waals surface area contributed by atoms with Gasteiger partial charge in [-0.25, -0.2) is 4.79 Å². The Morgan fingerprint density at radius 2 is 1.86 bits per heavy atom. The molecule has 0 saturated carbocycles. The van der Waals surface area contributed by atoms with E-state index < -0.39 is 5.97 Å². The van der Waals surface area contributed by atoms with Crippen molar-refractivity contribution in [1.29, 1.82) is 0 Å². The Morgan fingerprint density at radius 3 is 2.52 bits per heavy atom. The van der Waals surface area contributed by atoms with Gasteiger partial charge in [0.2, 0.25) is 0 Å². The van der Waals surface area contributed by atoms with Crippen LogP contribution in [0.15, 0.2) is 53.5 Å². The van der Waals surface area contributed by atoms with E-state index in [0.717, 1.165) is 30.5 Å². The van der Waals surface area contributed by atoms with Gasteiger partial charge in [-0.05, 0) is 42.2 Å². The molecule has 0 atom stereocenters. The van der Waals surface area contributed by atoms with E-state index in [2.05, 4.69) is 18.0 Å². The maximum atomic E-state index is 10.8. The van der Waals surface area contributed by atoms with Crippen molar-refractivity contribution in [3.63, 3.8) is 0 Å². The molecule has 3 nitrogen and oxygen atoms in total. The number of benzene rings is 2. The Kier molecular flexibility index (Phi) is 5.27. The van der Waals surface area contributed by atoms with E-state index in [1.54, 1.807) is 30.5 Å². The number of hydrogen-bond donors (Lipinski definition) is 1. The first-order valence-corrected chi connectivity index (χ1v) is 7.16. The summed E-state index contributed by atoms with van der Waals surface area (Å²) >= 11 is 0. The summed E-state index contributed by atoms with van der Waals surface area (Å²) in [5, 5.41) is 8.87. The Labute approximate surface area is 125 Å². The monoisotopic (exact) mass is 281 g/mol. The zero-order chi connectivity index (χ0) is 15.1. The fourth-order valence-corrected chi connectivity index (χ4v) is 2.07. The van der Waals surface area contributed by atoms with Crippen molar-refractivity contribution in [2.24, 2.45) is 4.99 Å². The first-order chi connectivity index (χ1) is 10.2. The average molecular weight is 281 g/mol. The zero-order valence-corrected chi connectivity index (χ0v) is 12.1. The van der Waals surface area contributed by atoms with Crippen LogP contribution < -0.4 is 0 Å². The van der Waals surface area contributed by atoms with Gasteiger partial charge in [0.05, 0.1) is 11.3 Å². The molecule has 2 aromatic rings. The first-order valence-electron chi connectivity index (χ1n) is 7.16. The lowest BCUT2D eigenvalue weighted by Crippen LogP contribution is -1.95. The molecule has 0 bridgehead atoms. The number of nitrogens with zero attached hydrogens (tertiary/aromatic N) is 1. The van der Waals surface area contributed by atoms with E-state index in [9.17, 15) is 4.79 Å². The largest absolute Gasteiger partial charge is 0.478 e. The van der Waals surface area contributed by atoms with Crippen LogP contribution in [0.1, 0.15) is 41.3 Å². The summed E-state index contributed by atoms with van der Waals surface area (Å²) in [4.78, 5) is 15.3. The third-order valence-corrected chi connectivity index (χ3v) is 3.30. The minimum absolute atomic E-state index is 0.287. The SMILES string of the molecule is CCCCc1ccccc1N=Cc1ccc(C(=O)O)cc1. The number of aliphatic imine (C=N–C) groups is 1. The van der Waals surface area contributed by atoms with Crippen molar-refractivity contribution in [1.82, 2.24) is 0 Å². The van der Waals surface area contributed by atoms with Crippen molar-refractivity contribution in [2.45, 2.75) is 26.2 Å². The Hall–Kier alpha value is -2.42. The minimum atomic E-state index is -0.914. The smallest absolute Gasteiger partial charge is 0.335 e. The van der Waals surface area contributed by atoms with Crippen molar-refractivity contribution >= 4 is 17.9 Å². The number of unbranched alkanes of at least 4 members (excludes halogenated alkanes) is 1. The number of aryl methyl sites for hydroxylation is 1. The number of para-hydroxylation sites is 1. The second-order valence-electron chi connectivity index (χ2n) is 4.92. The van der Waals surface area contributed by atoms with Gasteiger partial charge >= 0.3 is 5.97 Å². The van der Waals surface area contributed by atoms with Crippen LogP contribution in [0.4, 0.5) is 5.69 Å². The summed E-state index contributed by atoms with van der Waals surface area (Å²) < 4.78 is 0. The Morgan fingerprint density at radius 1 is 1.14 bits per heavy atom. The highest BCUT2D eigenvalue weighted by Gasteiger charge is 2.01. The van der Waals surface area contributed by atoms with Crippen molar-refractivity contribution in [3.8, 4) is 0 Å². The molecule has 0 aliphatic heterocycles. The number of rotatable bonds is 6. The fraction of sp³-hybridized carbons (Fsp3) is 0.222. The molecule has 0 saturated heterocycles. The van der Waals surface area contributed by atoms with Gasteiger partial charge in [0.15, 0.2) is 0 Å². The van der Waals surface area contributed by atoms with Crippen LogP contribution in [0.2, 0.25) is 0 Å². The molecule has 0 aromatic heterocycles. The van der Waals surface area contributed by atoms with Gasteiger partial charge in [0, 0.05) is 6.21 Å². The molecule has 0 amide bonds. The lowest BCUT2D eigenvalue weighted by atomic mass is 10.1. The highest BCUT2D eigenvalue weighted by atomic mass is 16.4. The lowest BCUT2D eigenvalue weighted by molar-refractivity contribution is 0.0697. The normalized spacial score (nSPS) is 10.9. The van der Waals surface area contributed by atoms with Gasteiger partial charge in [-0.2, -0.15) is 0 Å². The number of aromatic carboxylic acids is 1. The molecule has 1 N–H and O–H groups in total. The van der Waals surface area contributed by atoms with Crippen LogP contribution in [0.5, 0.6) is 0 Å². The van der Waals surface area contributed by atoms with Gasteiger partial charge in [0.1, 0.15) is 0 Å². The van der Waals surface area contributed by atoms with Crippen molar-refractivity contribution in [3.05, 3.63) is 65.2 Å². The number of carboxylic acids is 1. The van der Waals surface area contributed by atoms with Crippen LogP contribution in [0.3, 0.4) is 0 Å². The molecular weight excluding hydrogens is 262 g/mol. The molecule has 108 valence electrons. The third kappa shape index (κ3) is 4.28. The van der Waals surface area contributed by atoms with E-state index in [4.69, 9.17) is 5.11 Å². The zero-order valence-electron chi connectivity index (χ0n) is 12.1. The summed E-state index contributed by atoms with van der Waals surface area (Å²) in [6.45, 7) is 2.18. The number of carbonyl (C=O) groups is 1. The Balaban J connectivity index is 2.15. The predicted octanol–water partition coefficient (Wildman–Crippen LogP) is 4.48. The Bertz CT molecular complexity index is 630. The molecule has 0 radical (unpaired) electrons. The summed E-state index contributed by atoms with van der Waals surface area (Å²) in [5.41, 5.74) is 3.41. The van der Waals surface area contributed by atoms with Gasteiger partial charge in [-0.15, -0.1) is 0 Å². The quantitative estimate of drug-likeness (QED) is 0.794. The van der Waals surface area contributed by atoms with Crippen LogP contribution in [-0.4, -0.2) is 17.3 Å². The topological polar surface area (TPSA) is 49.7 Å². The average Bonchev–Trinajstić information content (AvgIpc) is 2.52. The molecular formula is C18H19NO2. The van der Waals surface area contributed by atoms with Crippen molar-refractivity contribution < 1.29 is 9.90 Å². The molecule has 0 aliphatic carbocycles. The molecule has 0 spiro atoms. The summed E-state index contributed by atoms with van der Waals surface area (Å²) in [5.74, 6) is -0.914.